The zero-order chi connectivity index (χ0) is 25.0. The van der Waals surface area contributed by atoms with Crippen molar-refractivity contribution in [3.63, 3.8) is 0 Å². The Morgan fingerprint density at radius 2 is 1.74 bits per heavy atom. The molecule has 4 aromatic rings. The molecule has 1 unspecified atom stereocenters. The largest absolute Gasteiger partial charge is 0.495 e. The Morgan fingerprint density at radius 1 is 1.00 bits per heavy atom. The summed E-state index contributed by atoms with van der Waals surface area (Å²) in [5.74, 6) is 0.970. The van der Waals surface area contributed by atoms with Gasteiger partial charge >= 0.3 is 5.97 Å². The van der Waals surface area contributed by atoms with E-state index in [-0.39, 0.29) is 23.6 Å². The fourth-order valence-corrected chi connectivity index (χ4v) is 4.03. The zero-order valence-corrected chi connectivity index (χ0v) is 20.6. The number of ether oxygens (including phenoxy) is 2. The second-order valence-corrected chi connectivity index (χ2v) is 8.78. The first-order valence-corrected chi connectivity index (χ1v) is 11.6. The molecule has 0 saturated heterocycles. The molecule has 0 N–H and O–H groups in total. The second-order valence-electron chi connectivity index (χ2n) is 8.78. The van der Waals surface area contributed by atoms with Gasteiger partial charge in [0.2, 0.25) is 0 Å². The van der Waals surface area contributed by atoms with Crippen LogP contribution in [0.3, 0.4) is 0 Å². The monoisotopic (exact) mass is 471 g/mol. The molecule has 1 aromatic carbocycles. The van der Waals surface area contributed by atoms with Crippen LogP contribution in [0, 0.1) is 5.92 Å². The van der Waals surface area contributed by atoms with Crippen LogP contribution in [-0.2, 0) is 10.2 Å². The summed E-state index contributed by atoms with van der Waals surface area (Å²) in [5.41, 5.74) is 4.74. The van der Waals surface area contributed by atoms with Gasteiger partial charge in [-0.05, 0) is 49.1 Å². The highest BCUT2D eigenvalue weighted by atomic mass is 16.5. The fraction of sp³-hybridized carbons (Fsp3) is 0.286. The van der Waals surface area contributed by atoms with E-state index in [4.69, 9.17) is 19.0 Å². The van der Waals surface area contributed by atoms with Crippen molar-refractivity contribution in [3.8, 4) is 28.2 Å². The minimum absolute atomic E-state index is 0.143. The molecular weight excluding hydrogens is 442 g/mol. The van der Waals surface area contributed by atoms with E-state index in [1.165, 1.54) is 0 Å². The Labute approximate surface area is 205 Å². The third-order valence-electron chi connectivity index (χ3n) is 6.50. The lowest BCUT2D eigenvalue weighted by Gasteiger charge is -2.34. The highest BCUT2D eigenvalue weighted by Crippen LogP contribution is 2.39. The maximum absolute atomic E-state index is 11.9. The molecule has 3 heterocycles. The fourth-order valence-electron chi connectivity index (χ4n) is 4.03. The smallest absolute Gasteiger partial charge is 0.360 e. The Hall–Kier alpha value is -4.00. The highest BCUT2D eigenvalue weighted by molar-refractivity contribution is 5.88. The molecule has 0 aliphatic heterocycles. The van der Waals surface area contributed by atoms with Crippen molar-refractivity contribution >= 4 is 5.97 Å². The number of hydrogen-bond acceptors (Lipinski definition) is 7. The van der Waals surface area contributed by atoms with E-state index in [2.05, 4.69) is 55.2 Å². The predicted molar refractivity (Wildman–Crippen MR) is 133 cm³/mol. The van der Waals surface area contributed by atoms with E-state index >= 15 is 0 Å². The lowest BCUT2D eigenvalue weighted by molar-refractivity contribution is 0.0514. The van der Waals surface area contributed by atoms with E-state index in [0.717, 1.165) is 33.7 Å². The van der Waals surface area contributed by atoms with Crippen molar-refractivity contribution in [2.24, 2.45) is 5.92 Å². The van der Waals surface area contributed by atoms with Crippen LogP contribution < -0.4 is 4.74 Å². The maximum atomic E-state index is 11.9. The summed E-state index contributed by atoms with van der Waals surface area (Å²) in [6.45, 7) is 8.61. The Balaban J connectivity index is 1.62. The van der Waals surface area contributed by atoms with Crippen LogP contribution >= 0.6 is 0 Å². The Morgan fingerprint density at radius 3 is 2.37 bits per heavy atom. The summed E-state index contributed by atoms with van der Waals surface area (Å²) in [7, 11) is 1.64. The number of rotatable bonds is 8. The number of carbonyl (C=O) groups excluding carboxylic acids is 1. The first-order valence-electron chi connectivity index (χ1n) is 11.6. The van der Waals surface area contributed by atoms with Crippen molar-refractivity contribution < 1.29 is 18.8 Å². The summed E-state index contributed by atoms with van der Waals surface area (Å²) in [4.78, 5) is 20.9. The van der Waals surface area contributed by atoms with Gasteiger partial charge in [-0.25, -0.2) is 4.79 Å². The van der Waals surface area contributed by atoms with Gasteiger partial charge in [0.25, 0.3) is 0 Å². The van der Waals surface area contributed by atoms with E-state index in [0.29, 0.717) is 5.76 Å². The topological polar surface area (TPSA) is 87.3 Å². The maximum Gasteiger partial charge on any atom is 0.360 e. The van der Waals surface area contributed by atoms with Gasteiger partial charge in [-0.1, -0.05) is 43.3 Å². The van der Waals surface area contributed by atoms with E-state index in [1.54, 1.807) is 32.5 Å². The summed E-state index contributed by atoms with van der Waals surface area (Å²) >= 11 is 0. The number of hydrogen-bond donors (Lipinski definition) is 0. The quantitative estimate of drug-likeness (QED) is 0.294. The minimum atomic E-state index is -0.507. The minimum Gasteiger partial charge on any atom is -0.495 e. The molecule has 0 saturated carbocycles. The van der Waals surface area contributed by atoms with Crippen LogP contribution in [0.1, 0.15) is 49.4 Å². The molecule has 0 aliphatic carbocycles. The molecule has 35 heavy (non-hydrogen) atoms. The van der Waals surface area contributed by atoms with Gasteiger partial charge in [-0.3, -0.25) is 9.97 Å². The molecule has 0 amide bonds. The first-order chi connectivity index (χ1) is 16.9. The molecule has 1 atom stereocenters. The van der Waals surface area contributed by atoms with Gasteiger partial charge in [0.05, 0.1) is 25.6 Å². The molecule has 0 bridgehead atoms. The van der Waals surface area contributed by atoms with Crippen LogP contribution in [0.5, 0.6) is 5.75 Å². The van der Waals surface area contributed by atoms with Crippen LogP contribution in [-0.4, -0.2) is 34.8 Å². The molecule has 7 nitrogen and oxygen atoms in total. The number of carbonyl (C=O) groups is 1. The van der Waals surface area contributed by atoms with Crippen molar-refractivity contribution in [3.05, 3.63) is 84.1 Å². The lowest BCUT2D eigenvalue weighted by atomic mass is 9.70. The third kappa shape index (κ3) is 4.80. The normalized spacial score (nSPS) is 12.9. The highest BCUT2D eigenvalue weighted by Gasteiger charge is 2.34. The second kappa shape index (κ2) is 10.1. The van der Waals surface area contributed by atoms with Gasteiger partial charge < -0.3 is 14.0 Å². The van der Waals surface area contributed by atoms with E-state index in [9.17, 15) is 4.79 Å². The van der Waals surface area contributed by atoms with Crippen LogP contribution in [0.15, 0.2) is 71.6 Å². The lowest BCUT2D eigenvalue weighted by Crippen LogP contribution is -2.31. The van der Waals surface area contributed by atoms with Gasteiger partial charge in [-0.15, -0.1) is 0 Å². The predicted octanol–water partition coefficient (Wildman–Crippen LogP) is 5.95. The number of aromatic nitrogens is 3. The van der Waals surface area contributed by atoms with E-state index < -0.39 is 5.97 Å². The first kappa shape index (κ1) is 24.1. The molecule has 0 spiro atoms. The average Bonchev–Trinajstić information content (AvgIpc) is 3.39. The molecule has 7 heteroatoms. The molecular formula is C28H29N3O4. The third-order valence-corrected chi connectivity index (χ3v) is 6.50. The van der Waals surface area contributed by atoms with Gasteiger partial charge in [0.15, 0.2) is 11.5 Å². The summed E-state index contributed by atoms with van der Waals surface area (Å²) in [6, 6.07) is 16.0. The summed E-state index contributed by atoms with van der Waals surface area (Å²) < 4.78 is 15.6. The van der Waals surface area contributed by atoms with E-state index in [1.807, 2.05) is 24.4 Å². The molecule has 3 aromatic heterocycles. The van der Waals surface area contributed by atoms with Crippen molar-refractivity contribution in [1.82, 2.24) is 15.1 Å². The molecule has 0 fully saturated rings. The molecule has 180 valence electrons. The summed E-state index contributed by atoms with van der Waals surface area (Å²) in [6.07, 6.45) is 5.28. The van der Waals surface area contributed by atoms with Crippen molar-refractivity contribution in [2.75, 3.05) is 13.7 Å². The number of pyridine rings is 2. The SMILES string of the molecule is CCOC(=O)c1cc(-c2ccc(C(C)(c3ccc(-c4cncc(OC)c4)cc3)C(C)C)nc2)on1. The van der Waals surface area contributed by atoms with Crippen LogP contribution in [0.25, 0.3) is 22.5 Å². The number of benzene rings is 1. The average molecular weight is 472 g/mol. The number of methoxy groups -OCH3 is 1. The molecule has 0 radical (unpaired) electrons. The van der Waals surface area contributed by atoms with Crippen molar-refractivity contribution in [1.29, 1.82) is 0 Å². The summed E-state index contributed by atoms with van der Waals surface area (Å²) in [5, 5.41) is 3.81. The van der Waals surface area contributed by atoms with Gasteiger partial charge in [-0.2, -0.15) is 0 Å². The van der Waals surface area contributed by atoms with Crippen LogP contribution in [0.2, 0.25) is 0 Å². The number of esters is 1. The standard InChI is InChI=1S/C28H29N3O4/c1-6-34-27(32)24-14-25(35-31-24)20-9-12-26(30-16-20)28(4,18(2)3)22-10-7-19(8-11-22)21-13-23(33-5)17-29-15-21/h7-18H,6H2,1-5H3. The van der Waals surface area contributed by atoms with Gasteiger partial charge in [0.1, 0.15) is 5.75 Å². The molecule has 0 aliphatic rings. The zero-order valence-electron chi connectivity index (χ0n) is 20.6. The number of nitrogens with zero attached hydrogens (tertiary/aromatic N) is 3. The Bertz CT molecular complexity index is 1300. The Kier molecular flexibility index (Phi) is 6.96. The van der Waals surface area contributed by atoms with Crippen molar-refractivity contribution in [2.45, 2.75) is 33.1 Å². The van der Waals surface area contributed by atoms with Gasteiger partial charge in [0, 0.05) is 35.0 Å². The molecule has 4 rings (SSSR count). The van der Waals surface area contributed by atoms with Crippen LogP contribution in [0.4, 0.5) is 0 Å².